The number of aromatic amines is 2. The molecule has 0 spiro atoms. The zero-order valence-electron chi connectivity index (χ0n) is 8.56. The highest BCUT2D eigenvalue weighted by Crippen LogP contribution is 2.01. The minimum absolute atomic E-state index is 0.414. The Kier molecular flexibility index (Phi) is 2.95. The van der Waals surface area contributed by atoms with Crippen LogP contribution in [-0.4, -0.2) is 15.0 Å². The summed E-state index contributed by atoms with van der Waals surface area (Å²) in [6, 6.07) is 9.82. The maximum absolute atomic E-state index is 11.0. The molecule has 16 heavy (non-hydrogen) atoms. The Morgan fingerprint density at radius 1 is 1.00 bits per heavy atom. The van der Waals surface area contributed by atoms with Crippen molar-refractivity contribution in [1.82, 2.24) is 15.0 Å². The quantitative estimate of drug-likeness (QED) is 0.773. The Morgan fingerprint density at radius 3 is 2.44 bits per heavy atom. The summed E-state index contributed by atoms with van der Waals surface area (Å²) in [4.78, 5) is 30.1. The summed E-state index contributed by atoms with van der Waals surface area (Å²) < 4.78 is 0. The van der Waals surface area contributed by atoms with Gasteiger partial charge in [0.25, 0.3) is 0 Å². The summed E-state index contributed by atoms with van der Waals surface area (Å²) in [6.07, 6.45) is 1.29. The summed E-state index contributed by atoms with van der Waals surface area (Å²) in [7, 11) is 0. The zero-order valence-corrected chi connectivity index (χ0v) is 8.56. The molecule has 0 aliphatic carbocycles. The van der Waals surface area contributed by atoms with E-state index in [-0.39, 0.29) is 0 Å². The number of rotatable bonds is 3. The van der Waals surface area contributed by atoms with Gasteiger partial charge in [0.1, 0.15) is 5.82 Å². The summed E-state index contributed by atoms with van der Waals surface area (Å²) in [5.74, 6) is 0.414. The average Bonchev–Trinajstić information content (AvgIpc) is 2.27. The molecular formula is C11H11N3O2. The van der Waals surface area contributed by atoms with Crippen molar-refractivity contribution in [3.63, 3.8) is 0 Å². The van der Waals surface area contributed by atoms with Gasteiger partial charge in [-0.05, 0) is 12.0 Å². The largest absolute Gasteiger partial charge is 0.350 e. The predicted octanol–water partition coefficient (Wildman–Crippen LogP) is 0.243. The van der Waals surface area contributed by atoms with Gasteiger partial charge in [0.05, 0.1) is 0 Å². The standard InChI is InChI=1S/C11H11N3O2/c15-10-12-9(13-11(16)14-10)7-6-8-4-2-1-3-5-8/h1-5H,6-7H2,(H2,12,13,14,15,16). The maximum Gasteiger partial charge on any atom is 0.350 e. The van der Waals surface area contributed by atoms with Crippen LogP contribution in [0.25, 0.3) is 0 Å². The first kappa shape index (κ1) is 10.4. The van der Waals surface area contributed by atoms with Gasteiger partial charge in [-0.25, -0.2) is 9.59 Å². The third-order valence-electron chi connectivity index (χ3n) is 2.21. The molecule has 0 aliphatic rings. The van der Waals surface area contributed by atoms with Crippen molar-refractivity contribution in [2.75, 3.05) is 0 Å². The molecule has 2 rings (SSSR count). The summed E-state index contributed by atoms with van der Waals surface area (Å²) >= 11 is 0. The van der Waals surface area contributed by atoms with E-state index in [2.05, 4.69) is 9.97 Å². The maximum atomic E-state index is 11.0. The second-order valence-electron chi connectivity index (χ2n) is 3.43. The van der Waals surface area contributed by atoms with Crippen molar-refractivity contribution in [3.8, 4) is 0 Å². The van der Waals surface area contributed by atoms with Crippen LogP contribution in [0.3, 0.4) is 0 Å². The number of H-pyrrole nitrogens is 2. The van der Waals surface area contributed by atoms with Crippen LogP contribution in [0.15, 0.2) is 39.9 Å². The topological polar surface area (TPSA) is 78.6 Å². The van der Waals surface area contributed by atoms with E-state index in [1.54, 1.807) is 0 Å². The molecule has 0 bridgehead atoms. The minimum atomic E-state index is -0.605. The lowest BCUT2D eigenvalue weighted by atomic mass is 10.1. The highest BCUT2D eigenvalue weighted by Gasteiger charge is 1.99. The van der Waals surface area contributed by atoms with Gasteiger partial charge in [0, 0.05) is 6.42 Å². The van der Waals surface area contributed by atoms with E-state index >= 15 is 0 Å². The smallest absolute Gasteiger partial charge is 0.295 e. The van der Waals surface area contributed by atoms with Crippen LogP contribution in [-0.2, 0) is 12.8 Å². The number of aryl methyl sites for hydroxylation is 2. The monoisotopic (exact) mass is 217 g/mol. The molecule has 0 fully saturated rings. The molecule has 1 aromatic carbocycles. The van der Waals surface area contributed by atoms with Crippen molar-refractivity contribution in [3.05, 3.63) is 62.7 Å². The van der Waals surface area contributed by atoms with E-state index in [1.165, 1.54) is 0 Å². The van der Waals surface area contributed by atoms with Crippen molar-refractivity contribution < 1.29 is 0 Å². The number of hydrogen-bond acceptors (Lipinski definition) is 3. The molecule has 0 saturated heterocycles. The highest BCUT2D eigenvalue weighted by molar-refractivity contribution is 5.15. The van der Waals surface area contributed by atoms with E-state index in [1.807, 2.05) is 35.3 Å². The van der Waals surface area contributed by atoms with Gasteiger partial charge in [-0.3, -0.25) is 9.97 Å². The predicted molar refractivity (Wildman–Crippen MR) is 59.3 cm³/mol. The zero-order chi connectivity index (χ0) is 11.4. The van der Waals surface area contributed by atoms with Gasteiger partial charge < -0.3 is 0 Å². The third kappa shape index (κ3) is 2.66. The first-order valence-corrected chi connectivity index (χ1v) is 4.97. The fourth-order valence-electron chi connectivity index (χ4n) is 1.46. The number of nitrogens with one attached hydrogen (secondary N) is 2. The first-order chi connectivity index (χ1) is 7.74. The third-order valence-corrected chi connectivity index (χ3v) is 2.21. The molecule has 0 unspecified atom stereocenters. The first-order valence-electron chi connectivity index (χ1n) is 4.97. The second kappa shape index (κ2) is 4.57. The van der Waals surface area contributed by atoms with Crippen LogP contribution in [0.2, 0.25) is 0 Å². The molecule has 0 radical (unpaired) electrons. The highest BCUT2D eigenvalue weighted by atomic mass is 16.2. The minimum Gasteiger partial charge on any atom is -0.295 e. The van der Waals surface area contributed by atoms with E-state index in [9.17, 15) is 9.59 Å². The molecule has 0 amide bonds. The van der Waals surface area contributed by atoms with Crippen LogP contribution < -0.4 is 11.4 Å². The number of hydrogen-bond donors (Lipinski definition) is 2. The Morgan fingerprint density at radius 2 is 1.75 bits per heavy atom. The van der Waals surface area contributed by atoms with Crippen LogP contribution >= 0.6 is 0 Å². The SMILES string of the molecule is O=c1nc(CCc2ccccc2)[nH]c(=O)[nH]1. The van der Waals surface area contributed by atoms with Crippen LogP contribution in [0.5, 0.6) is 0 Å². The molecule has 2 N–H and O–H groups in total. The number of benzene rings is 1. The lowest BCUT2D eigenvalue weighted by Gasteiger charge is -1.99. The molecular weight excluding hydrogens is 206 g/mol. The lowest BCUT2D eigenvalue weighted by Crippen LogP contribution is -2.27. The number of aromatic nitrogens is 3. The van der Waals surface area contributed by atoms with Crippen molar-refractivity contribution in [2.24, 2.45) is 0 Å². The van der Waals surface area contributed by atoms with Gasteiger partial charge in [-0.2, -0.15) is 4.98 Å². The normalized spacial score (nSPS) is 10.2. The van der Waals surface area contributed by atoms with E-state index in [4.69, 9.17) is 0 Å². The molecule has 82 valence electrons. The molecule has 0 aliphatic heterocycles. The van der Waals surface area contributed by atoms with E-state index in [0.717, 1.165) is 12.0 Å². The fraction of sp³-hybridized carbons (Fsp3) is 0.182. The van der Waals surface area contributed by atoms with Crippen molar-refractivity contribution in [2.45, 2.75) is 12.8 Å². The van der Waals surface area contributed by atoms with Gasteiger partial charge >= 0.3 is 11.4 Å². The summed E-state index contributed by atoms with van der Waals surface area (Å²) in [5, 5.41) is 0. The van der Waals surface area contributed by atoms with Gasteiger partial charge in [0.2, 0.25) is 0 Å². The van der Waals surface area contributed by atoms with E-state index < -0.39 is 11.4 Å². The van der Waals surface area contributed by atoms with Crippen LogP contribution in [0.1, 0.15) is 11.4 Å². The van der Waals surface area contributed by atoms with E-state index in [0.29, 0.717) is 12.2 Å². The van der Waals surface area contributed by atoms with Crippen molar-refractivity contribution in [1.29, 1.82) is 0 Å². The Labute approximate surface area is 91.2 Å². The Hall–Kier alpha value is -2.17. The summed E-state index contributed by atoms with van der Waals surface area (Å²) in [5.41, 5.74) is 0.0281. The average molecular weight is 217 g/mol. The van der Waals surface area contributed by atoms with Crippen molar-refractivity contribution >= 4 is 0 Å². The number of nitrogens with zero attached hydrogens (tertiary/aromatic N) is 1. The second-order valence-corrected chi connectivity index (χ2v) is 3.43. The Bertz CT molecular complexity index is 543. The summed E-state index contributed by atoms with van der Waals surface area (Å²) in [6.45, 7) is 0. The van der Waals surface area contributed by atoms with Gasteiger partial charge in [0.15, 0.2) is 0 Å². The molecule has 2 aromatic rings. The van der Waals surface area contributed by atoms with Gasteiger partial charge in [-0.1, -0.05) is 30.3 Å². The molecule has 0 atom stereocenters. The fourth-order valence-corrected chi connectivity index (χ4v) is 1.46. The lowest BCUT2D eigenvalue weighted by molar-refractivity contribution is 0.794. The van der Waals surface area contributed by atoms with Crippen LogP contribution in [0, 0.1) is 0 Å². The van der Waals surface area contributed by atoms with Crippen LogP contribution in [0.4, 0.5) is 0 Å². The molecule has 0 saturated carbocycles. The molecule has 5 nitrogen and oxygen atoms in total. The Balaban J connectivity index is 2.11. The molecule has 1 aromatic heterocycles. The van der Waals surface area contributed by atoms with Gasteiger partial charge in [-0.15, -0.1) is 0 Å². The molecule has 5 heteroatoms. The molecule has 1 heterocycles.